The molecular formula is C14H10BrN5. The van der Waals surface area contributed by atoms with Gasteiger partial charge in [-0.1, -0.05) is 6.07 Å². The Morgan fingerprint density at radius 1 is 1.10 bits per heavy atom. The number of nitrogens with zero attached hydrogens (tertiary/aromatic N) is 5. The number of fused-ring (bicyclic) bond motifs is 2. The summed E-state index contributed by atoms with van der Waals surface area (Å²) >= 11 is 3.44. The zero-order valence-corrected chi connectivity index (χ0v) is 12.2. The minimum Gasteiger partial charge on any atom is -0.334 e. The van der Waals surface area contributed by atoms with Crippen LogP contribution in [0.25, 0.3) is 27.9 Å². The summed E-state index contributed by atoms with van der Waals surface area (Å²) in [4.78, 5) is 8.63. The molecule has 0 saturated carbocycles. The highest BCUT2D eigenvalue weighted by molar-refractivity contribution is 9.10. The van der Waals surface area contributed by atoms with E-state index in [1.54, 1.807) is 10.7 Å². The van der Waals surface area contributed by atoms with Gasteiger partial charge in [0.05, 0.1) is 29.3 Å². The summed E-state index contributed by atoms with van der Waals surface area (Å²) in [5.74, 6) is 0. The van der Waals surface area contributed by atoms with Gasteiger partial charge in [0, 0.05) is 12.6 Å². The molecule has 0 amide bonds. The average Bonchev–Trinajstić information content (AvgIpc) is 3.03. The van der Waals surface area contributed by atoms with E-state index in [-0.39, 0.29) is 0 Å². The Labute approximate surface area is 123 Å². The monoisotopic (exact) mass is 327 g/mol. The Morgan fingerprint density at radius 2 is 2.00 bits per heavy atom. The quantitative estimate of drug-likeness (QED) is 0.540. The van der Waals surface area contributed by atoms with Gasteiger partial charge >= 0.3 is 0 Å². The number of aromatic nitrogens is 5. The van der Waals surface area contributed by atoms with Crippen molar-refractivity contribution in [3.05, 3.63) is 47.5 Å². The molecule has 0 aliphatic rings. The summed E-state index contributed by atoms with van der Waals surface area (Å²) in [5.41, 5.74) is 4.83. The molecule has 4 aromatic rings. The molecule has 5 nitrogen and oxygen atoms in total. The van der Waals surface area contributed by atoms with Crippen LogP contribution in [0.2, 0.25) is 0 Å². The maximum Gasteiger partial charge on any atom is 0.154 e. The zero-order chi connectivity index (χ0) is 13.7. The molecule has 98 valence electrons. The molecule has 0 aliphatic carbocycles. The van der Waals surface area contributed by atoms with E-state index in [9.17, 15) is 0 Å². The maximum absolute atomic E-state index is 4.59. The third-order valence-electron chi connectivity index (χ3n) is 3.34. The van der Waals surface area contributed by atoms with Crippen molar-refractivity contribution in [3.8, 4) is 11.3 Å². The molecule has 0 unspecified atom stereocenters. The molecule has 0 aliphatic heterocycles. The number of imidazole rings is 2. The van der Waals surface area contributed by atoms with Crippen LogP contribution in [0.15, 0.2) is 47.5 Å². The topological polar surface area (TPSA) is 48.0 Å². The predicted molar refractivity (Wildman–Crippen MR) is 80.4 cm³/mol. The van der Waals surface area contributed by atoms with Crippen molar-refractivity contribution < 1.29 is 0 Å². The fraction of sp³-hybridized carbons (Fsp3) is 0.0714. The van der Waals surface area contributed by atoms with E-state index >= 15 is 0 Å². The highest BCUT2D eigenvalue weighted by Gasteiger charge is 2.07. The Bertz CT molecular complexity index is 937. The van der Waals surface area contributed by atoms with E-state index in [1.165, 1.54) is 0 Å². The van der Waals surface area contributed by atoms with Crippen molar-refractivity contribution in [2.45, 2.75) is 0 Å². The lowest BCUT2D eigenvalue weighted by molar-refractivity contribution is 0.922. The standard InChI is InChI=1S/C14H10BrN5/c1-19-8-17-11-6-9(2-4-12(11)19)10-3-5-14-16-7-13(15)20(14)18-10/h2-8H,1H3. The lowest BCUT2D eigenvalue weighted by Gasteiger charge is -2.03. The van der Waals surface area contributed by atoms with Gasteiger partial charge in [-0.2, -0.15) is 5.10 Å². The third kappa shape index (κ3) is 1.65. The van der Waals surface area contributed by atoms with E-state index in [1.807, 2.05) is 36.1 Å². The lowest BCUT2D eigenvalue weighted by Crippen LogP contribution is -1.94. The minimum atomic E-state index is 0.819. The summed E-state index contributed by atoms with van der Waals surface area (Å²) in [5, 5.41) is 4.59. The van der Waals surface area contributed by atoms with Gasteiger partial charge in [0.2, 0.25) is 0 Å². The molecule has 6 heteroatoms. The first-order chi connectivity index (χ1) is 9.72. The number of aryl methyl sites for hydroxylation is 1. The van der Waals surface area contributed by atoms with Crippen LogP contribution in [0.4, 0.5) is 0 Å². The van der Waals surface area contributed by atoms with E-state index in [0.29, 0.717) is 0 Å². The SMILES string of the molecule is Cn1cnc2cc(-c3ccc4ncc(Br)n4n3)ccc21. The second kappa shape index (κ2) is 4.14. The first-order valence-corrected chi connectivity index (χ1v) is 6.93. The third-order valence-corrected chi connectivity index (χ3v) is 3.88. The van der Waals surface area contributed by atoms with Crippen molar-refractivity contribution >= 4 is 32.6 Å². The second-order valence-corrected chi connectivity index (χ2v) is 5.44. The summed E-state index contributed by atoms with van der Waals surface area (Å²) < 4.78 is 4.62. The number of hydrogen-bond donors (Lipinski definition) is 0. The largest absolute Gasteiger partial charge is 0.334 e. The smallest absolute Gasteiger partial charge is 0.154 e. The Kier molecular flexibility index (Phi) is 2.40. The molecule has 20 heavy (non-hydrogen) atoms. The van der Waals surface area contributed by atoms with Gasteiger partial charge in [0.15, 0.2) is 5.65 Å². The van der Waals surface area contributed by atoms with Crippen LogP contribution >= 0.6 is 15.9 Å². The fourth-order valence-electron chi connectivity index (χ4n) is 2.29. The second-order valence-electron chi connectivity index (χ2n) is 4.63. The summed E-state index contributed by atoms with van der Waals surface area (Å²) in [6.07, 6.45) is 3.56. The van der Waals surface area contributed by atoms with Crippen LogP contribution in [-0.2, 0) is 7.05 Å². The first-order valence-electron chi connectivity index (χ1n) is 6.14. The molecule has 0 N–H and O–H groups in total. The van der Waals surface area contributed by atoms with E-state index in [0.717, 1.165) is 32.5 Å². The van der Waals surface area contributed by atoms with Crippen LogP contribution < -0.4 is 0 Å². The summed E-state index contributed by atoms with van der Waals surface area (Å²) in [6.45, 7) is 0. The fourth-order valence-corrected chi connectivity index (χ4v) is 2.66. The molecule has 0 radical (unpaired) electrons. The van der Waals surface area contributed by atoms with E-state index < -0.39 is 0 Å². The Hall–Kier alpha value is -2.21. The van der Waals surface area contributed by atoms with Gasteiger partial charge in [0.25, 0.3) is 0 Å². The number of benzene rings is 1. The molecular weight excluding hydrogens is 318 g/mol. The first kappa shape index (κ1) is 11.6. The molecule has 0 bridgehead atoms. The lowest BCUT2D eigenvalue weighted by atomic mass is 10.1. The van der Waals surface area contributed by atoms with Crippen molar-refractivity contribution in [1.82, 2.24) is 24.1 Å². The van der Waals surface area contributed by atoms with Gasteiger partial charge in [-0.15, -0.1) is 0 Å². The summed E-state index contributed by atoms with van der Waals surface area (Å²) in [7, 11) is 1.99. The minimum absolute atomic E-state index is 0.819. The van der Waals surface area contributed by atoms with Gasteiger partial charge in [0.1, 0.15) is 4.60 Å². The van der Waals surface area contributed by atoms with Crippen LogP contribution in [0.3, 0.4) is 0 Å². The molecule has 3 heterocycles. The molecule has 0 fully saturated rings. The van der Waals surface area contributed by atoms with E-state index in [2.05, 4.69) is 43.1 Å². The molecule has 0 saturated heterocycles. The Balaban J connectivity index is 1.92. The van der Waals surface area contributed by atoms with Crippen LogP contribution in [0.5, 0.6) is 0 Å². The van der Waals surface area contributed by atoms with Crippen molar-refractivity contribution in [3.63, 3.8) is 0 Å². The van der Waals surface area contributed by atoms with Crippen LogP contribution in [0, 0.1) is 0 Å². The highest BCUT2D eigenvalue weighted by Crippen LogP contribution is 2.23. The van der Waals surface area contributed by atoms with Gasteiger partial charge < -0.3 is 4.57 Å². The van der Waals surface area contributed by atoms with Gasteiger partial charge in [-0.3, -0.25) is 0 Å². The predicted octanol–water partition coefficient (Wildman–Crippen LogP) is 3.05. The van der Waals surface area contributed by atoms with Crippen molar-refractivity contribution in [1.29, 1.82) is 0 Å². The molecule has 4 rings (SSSR count). The molecule has 1 aromatic carbocycles. The molecule has 0 spiro atoms. The number of hydrogen-bond acceptors (Lipinski definition) is 3. The number of rotatable bonds is 1. The van der Waals surface area contributed by atoms with Crippen molar-refractivity contribution in [2.24, 2.45) is 7.05 Å². The highest BCUT2D eigenvalue weighted by atomic mass is 79.9. The van der Waals surface area contributed by atoms with Crippen molar-refractivity contribution in [2.75, 3.05) is 0 Å². The maximum atomic E-state index is 4.59. The van der Waals surface area contributed by atoms with Crippen LogP contribution in [0.1, 0.15) is 0 Å². The zero-order valence-electron chi connectivity index (χ0n) is 10.7. The average molecular weight is 328 g/mol. The van der Waals surface area contributed by atoms with Gasteiger partial charge in [-0.05, 0) is 40.2 Å². The number of halogens is 1. The van der Waals surface area contributed by atoms with E-state index in [4.69, 9.17) is 0 Å². The molecule has 0 atom stereocenters. The summed E-state index contributed by atoms with van der Waals surface area (Å²) in [6, 6.07) is 10.1. The normalized spacial score (nSPS) is 11.5. The molecule has 3 aromatic heterocycles. The van der Waals surface area contributed by atoms with Gasteiger partial charge in [-0.25, -0.2) is 14.5 Å². The van der Waals surface area contributed by atoms with Crippen LogP contribution in [-0.4, -0.2) is 24.1 Å². The Morgan fingerprint density at radius 3 is 2.90 bits per heavy atom.